The third-order valence-corrected chi connectivity index (χ3v) is 5.72. The van der Waals surface area contributed by atoms with Gasteiger partial charge in [-0.3, -0.25) is 4.98 Å². The number of halogens is 3. The van der Waals surface area contributed by atoms with Crippen molar-refractivity contribution in [3.05, 3.63) is 137 Å². The first-order valence-electron chi connectivity index (χ1n) is 10.4. The molecule has 1 atom stereocenters. The summed E-state index contributed by atoms with van der Waals surface area (Å²) in [5, 5.41) is 0. The average molecular weight is 444 g/mol. The van der Waals surface area contributed by atoms with Crippen LogP contribution in [-0.2, 0) is 16.5 Å². The fourth-order valence-corrected chi connectivity index (χ4v) is 4.17. The molecule has 0 saturated heterocycles. The lowest BCUT2D eigenvalue weighted by molar-refractivity contribution is -0.137. The summed E-state index contributed by atoms with van der Waals surface area (Å²) in [6.45, 7) is 0. The first kappa shape index (κ1) is 20.9. The fourth-order valence-electron chi connectivity index (χ4n) is 4.17. The molecule has 0 bridgehead atoms. The van der Waals surface area contributed by atoms with Gasteiger partial charge in [-0.1, -0.05) is 91.0 Å². The van der Waals surface area contributed by atoms with Crippen LogP contribution in [0.4, 0.5) is 13.2 Å². The van der Waals surface area contributed by atoms with Gasteiger partial charge in [0.2, 0.25) is 5.90 Å². The van der Waals surface area contributed by atoms with Crippen LogP contribution in [0, 0.1) is 0 Å². The molecule has 1 aromatic heterocycles. The molecule has 0 unspecified atom stereocenters. The molecule has 2 heterocycles. The fraction of sp³-hybridized carbons (Fsp3) is 0.111. The third-order valence-electron chi connectivity index (χ3n) is 5.72. The van der Waals surface area contributed by atoms with Crippen molar-refractivity contribution in [3.8, 4) is 0 Å². The van der Waals surface area contributed by atoms with Gasteiger partial charge in [0.15, 0.2) is 5.60 Å². The van der Waals surface area contributed by atoms with Gasteiger partial charge in [0.25, 0.3) is 0 Å². The molecule has 0 radical (unpaired) electrons. The number of hydrogen-bond donors (Lipinski definition) is 0. The normalized spacial score (nSPS) is 17.3. The van der Waals surface area contributed by atoms with Crippen molar-refractivity contribution in [2.75, 3.05) is 0 Å². The molecule has 0 fully saturated rings. The van der Waals surface area contributed by atoms with Gasteiger partial charge in [-0.25, -0.2) is 4.99 Å². The van der Waals surface area contributed by atoms with Crippen molar-refractivity contribution >= 4 is 5.90 Å². The SMILES string of the molecule is FC(F)(F)c1ccc(C2=N[C@@H](c3ccccc3)C(c3ccccc3)(c3ccccc3)O2)nc1. The van der Waals surface area contributed by atoms with Crippen LogP contribution in [0.1, 0.15) is 34.0 Å². The van der Waals surface area contributed by atoms with Crippen molar-refractivity contribution in [1.82, 2.24) is 4.98 Å². The van der Waals surface area contributed by atoms with Gasteiger partial charge in [-0.15, -0.1) is 0 Å². The zero-order chi connectivity index (χ0) is 22.9. The Hall–Kier alpha value is -3.93. The summed E-state index contributed by atoms with van der Waals surface area (Å²) in [4.78, 5) is 8.91. The van der Waals surface area contributed by atoms with Crippen molar-refractivity contribution in [2.24, 2.45) is 4.99 Å². The lowest BCUT2D eigenvalue weighted by Gasteiger charge is -2.35. The van der Waals surface area contributed by atoms with Gasteiger partial charge in [-0.2, -0.15) is 13.2 Å². The molecule has 1 aliphatic heterocycles. The van der Waals surface area contributed by atoms with Gasteiger partial charge >= 0.3 is 6.18 Å². The number of benzene rings is 3. The van der Waals surface area contributed by atoms with Gasteiger partial charge in [0.05, 0.1) is 5.56 Å². The van der Waals surface area contributed by atoms with E-state index in [9.17, 15) is 13.2 Å². The topological polar surface area (TPSA) is 34.5 Å². The molecule has 3 nitrogen and oxygen atoms in total. The maximum atomic E-state index is 13.0. The molecule has 0 N–H and O–H groups in total. The van der Waals surface area contributed by atoms with E-state index in [1.165, 1.54) is 6.07 Å². The highest BCUT2D eigenvalue weighted by molar-refractivity contribution is 5.94. The molecular formula is C27H19F3N2O. The highest BCUT2D eigenvalue weighted by atomic mass is 19.4. The van der Waals surface area contributed by atoms with E-state index in [-0.39, 0.29) is 11.6 Å². The summed E-state index contributed by atoms with van der Waals surface area (Å²) >= 11 is 0. The number of nitrogens with zero attached hydrogens (tertiary/aromatic N) is 2. The van der Waals surface area contributed by atoms with Crippen LogP contribution in [0.15, 0.2) is 114 Å². The highest BCUT2D eigenvalue weighted by Crippen LogP contribution is 2.50. The molecule has 0 spiro atoms. The van der Waals surface area contributed by atoms with Crippen molar-refractivity contribution in [3.63, 3.8) is 0 Å². The molecule has 0 amide bonds. The molecule has 33 heavy (non-hydrogen) atoms. The second-order valence-electron chi connectivity index (χ2n) is 7.75. The largest absolute Gasteiger partial charge is 0.457 e. The first-order chi connectivity index (χ1) is 16.0. The summed E-state index contributed by atoms with van der Waals surface area (Å²) < 4.78 is 45.7. The summed E-state index contributed by atoms with van der Waals surface area (Å²) in [6.07, 6.45) is -3.65. The zero-order valence-electron chi connectivity index (χ0n) is 17.4. The number of aromatic nitrogens is 1. The minimum atomic E-state index is -4.46. The highest BCUT2D eigenvalue weighted by Gasteiger charge is 2.51. The standard InChI is InChI=1S/C27H19F3N2O/c28-27(29,30)22-16-17-23(31-18-22)25-32-24(19-10-4-1-5-11-19)26(33-25,20-12-6-2-7-13-20)21-14-8-3-9-15-21/h1-18,24H/t24-/m0/s1. The van der Waals surface area contributed by atoms with Gasteiger partial charge in [0, 0.05) is 17.3 Å². The minimum absolute atomic E-state index is 0.199. The van der Waals surface area contributed by atoms with E-state index < -0.39 is 23.4 Å². The second kappa shape index (κ2) is 8.20. The molecule has 6 heteroatoms. The van der Waals surface area contributed by atoms with E-state index in [0.717, 1.165) is 29.0 Å². The number of alkyl halides is 3. The van der Waals surface area contributed by atoms with Crippen molar-refractivity contribution < 1.29 is 17.9 Å². The molecule has 164 valence electrons. The quantitative estimate of drug-likeness (QED) is 0.357. The smallest absolute Gasteiger partial charge is 0.417 e. The van der Waals surface area contributed by atoms with E-state index in [2.05, 4.69) is 4.98 Å². The Morgan fingerprint density at radius 3 is 1.73 bits per heavy atom. The summed E-state index contributed by atoms with van der Waals surface area (Å²) in [5.41, 5.74) is 1.11. The Balaban J connectivity index is 1.69. The van der Waals surface area contributed by atoms with E-state index in [1.54, 1.807) is 0 Å². The zero-order valence-corrected chi connectivity index (χ0v) is 17.4. The lowest BCUT2D eigenvalue weighted by Crippen LogP contribution is -2.34. The Morgan fingerprint density at radius 2 is 1.24 bits per heavy atom. The minimum Gasteiger partial charge on any atom is -0.457 e. The number of ether oxygens (including phenoxy) is 1. The predicted octanol–water partition coefficient (Wildman–Crippen LogP) is 6.56. The van der Waals surface area contributed by atoms with Gasteiger partial charge in [0.1, 0.15) is 11.7 Å². The van der Waals surface area contributed by atoms with Crippen LogP contribution in [0.25, 0.3) is 0 Å². The van der Waals surface area contributed by atoms with E-state index >= 15 is 0 Å². The summed E-state index contributed by atoms with van der Waals surface area (Å²) in [6, 6.07) is 31.0. The number of aliphatic imine (C=N–C) groups is 1. The molecule has 4 aromatic rings. The number of rotatable bonds is 4. The lowest BCUT2D eigenvalue weighted by atomic mass is 9.78. The molecule has 0 aliphatic carbocycles. The Morgan fingerprint density at radius 1 is 0.697 bits per heavy atom. The predicted molar refractivity (Wildman–Crippen MR) is 120 cm³/mol. The maximum Gasteiger partial charge on any atom is 0.417 e. The van der Waals surface area contributed by atoms with Gasteiger partial charge < -0.3 is 4.74 Å². The van der Waals surface area contributed by atoms with Crippen LogP contribution in [0.5, 0.6) is 0 Å². The van der Waals surface area contributed by atoms with Crippen molar-refractivity contribution in [2.45, 2.75) is 17.8 Å². The molecule has 5 rings (SSSR count). The Labute approximate surface area is 189 Å². The van der Waals surface area contributed by atoms with Gasteiger partial charge in [-0.05, 0) is 17.7 Å². The average Bonchev–Trinajstić information content (AvgIpc) is 3.27. The van der Waals surface area contributed by atoms with E-state index in [4.69, 9.17) is 9.73 Å². The van der Waals surface area contributed by atoms with Crippen LogP contribution >= 0.6 is 0 Å². The van der Waals surface area contributed by atoms with Crippen LogP contribution in [-0.4, -0.2) is 10.9 Å². The van der Waals surface area contributed by atoms with Crippen molar-refractivity contribution in [1.29, 1.82) is 0 Å². The number of hydrogen-bond acceptors (Lipinski definition) is 3. The van der Waals surface area contributed by atoms with Crippen LogP contribution < -0.4 is 0 Å². The van der Waals surface area contributed by atoms with E-state index in [0.29, 0.717) is 0 Å². The third kappa shape index (κ3) is 3.78. The summed E-state index contributed by atoms with van der Waals surface area (Å²) in [5.74, 6) is 0.199. The first-order valence-corrected chi connectivity index (χ1v) is 10.4. The Bertz CT molecular complexity index is 1220. The monoisotopic (exact) mass is 444 g/mol. The second-order valence-corrected chi connectivity index (χ2v) is 7.75. The van der Waals surface area contributed by atoms with E-state index in [1.807, 2.05) is 91.0 Å². The maximum absolute atomic E-state index is 13.0. The molecule has 1 aliphatic rings. The Kier molecular flexibility index (Phi) is 5.21. The number of pyridine rings is 1. The van der Waals surface area contributed by atoms with Crippen LogP contribution in [0.3, 0.4) is 0 Å². The molecular weight excluding hydrogens is 425 g/mol. The molecule has 3 aromatic carbocycles. The molecule has 0 saturated carbocycles. The van der Waals surface area contributed by atoms with Crippen LogP contribution in [0.2, 0.25) is 0 Å². The summed E-state index contributed by atoms with van der Waals surface area (Å²) in [7, 11) is 0.